The Morgan fingerprint density at radius 2 is 2.20 bits per heavy atom. The van der Waals surface area contributed by atoms with Crippen LogP contribution in [0.4, 0.5) is 0 Å². The fourth-order valence-electron chi connectivity index (χ4n) is 3.19. The van der Waals surface area contributed by atoms with Gasteiger partial charge in [-0.05, 0) is 19.9 Å². The summed E-state index contributed by atoms with van der Waals surface area (Å²) in [4.78, 5) is 9.33. The van der Waals surface area contributed by atoms with Crippen molar-refractivity contribution in [3.05, 3.63) is 18.2 Å². The zero-order chi connectivity index (χ0) is 14.5. The van der Waals surface area contributed by atoms with Crippen LogP contribution in [-0.4, -0.2) is 58.6 Å². The molecule has 5 nitrogen and oxygen atoms in total. The van der Waals surface area contributed by atoms with E-state index in [9.17, 15) is 0 Å². The van der Waals surface area contributed by atoms with Gasteiger partial charge in [0, 0.05) is 45.0 Å². The Morgan fingerprint density at radius 3 is 2.85 bits per heavy atom. The second kappa shape index (κ2) is 7.20. The Bertz CT molecular complexity index is 403. The average Bonchev–Trinajstić information content (AvgIpc) is 2.90. The van der Waals surface area contributed by atoms with Crippen LogP contribution in [0.15, 0.2) is 12.5 Å². The molecule has 1 aliphatic heterocycles. The maximum absolute atomic E-state index is 6.09. The number of hydrogen-bond donors (Lipinski definition) is 1. The van der Waals surface area contributed by atoms with Crippen molar-refractivity contribution in [1.29, 1.82) is 0 Å². The predicted octanol–water partition coefficient (Wildman–Crippen LogP) is 1.32. The number of aromatic nitrogens is 2. The largest absolute Gasteiger partial charge is 0.333 e. The molecule has 1 aliphatic rings. The molecule has 20 heavy (non-hydrogen) atoms. The zero-order valence-electron chi connectivity index (χ0n) is 13.1. The second-order valence-corrected chi connectivity index (χ2v) is 5.80. The Kier molecular flexibility index (Phi) is 5.57. The highest BCUT2D eigenvalue weighted by molar-refractivity contribution is 5.07. The summed E-state index contributed by atoms with van der Waals surface area (Å²) in [7, 11) is 2.23. The highest BCUT2D eigenvalue weighted by Gasteiger charge is 2.29. The van der Waals surface area contributed by atoms with E-state index in [1.165, 1.54) is 12.1 Å². The molecule has 2 atom stereocenters. The molecule has 0 spiro atoms. The van der Waals surface area contributed by atoms with Gasteiger partial charge in [-0.3, -0.25) is 4.90 Å². The molecule has 2 N–H and O–H groups in total. The third-order valence-electron chi connectivity index (χ3n) is 4.49. The molecule has 0 aromatic carbocycles. The molecule has 114 valence electrons. The van der Waals surface area contributed by atoms with E-state index in [1.54, 1.807) is 0 Å². The van der Waals surface area contributed by atoms with Gasteiger partial charge >= 0.3 is 0 Å². The van der Waals surface area contributed by atoms with Crippen LogP contribution < -0.4 is 5.73 Å². The molecule has 5 heteroatoms. The normalized spacial score (nSPS) is 23.1. The second-order valence-electron chi connectivity index (χ2n) is 5.80. The Hall–Kier alpha value is -0.910. The number of rotatable bonds is 6. The van der Waals surface area contributed by atoms with Crippen LogP contribution in [0.1, 0.15) is 38.4 Å². The zero-order valence-corrected chi connectivity index (χ0v) is 13.1. The third-order valence-corrected chi connectivity index (χ3v) is 4.49. The molecule has 1 aromatic heterocycles. The monoisotopic (exact) mass is 279 g/mol. The quantitative estimate of drug-likeness (QED) is 0.853. The number of nitrogens with zero attached hydrogens (tertiary/aromatic N) is 4. The summed E-state index contributed by atoms with van der Waals surface area (Å²) >= 11 is 0. The fraction of sp³-hybridized carbons (Fsp3) is 0.800. The van der Waals surface area contributed by atoms with Crippen molar-refractivity contribution < 1.29 is 0 Å². The summed E-state index contributed by atoms with van der Waals surface area (Å²) in [5.74, 6) is 0. The van der Waals surface area contributed by atoms with Crippen molar-refractivity contribution in [3.63, 3.8) is 0 Å². The van der Waals surface area contributed by atoms with Crippen molar-refractivity contribution >= 4 is 0 Å². The molecule has 0 amide bonds. The van der Waals surface area contributed by atoms with E-state index in [-0.39, 0.29) is 0 Å². The van der Waals surface area contributed by atoms with Crippen molar-refractivity contribution in [1.82, 2.24) is 19.4 Å². The van der Waals surface area contributed by atoms with Crippen LogP contribution in [0, 0.1) is 0 Å². The molecule has 1 saturated heterocycles. The lowest BCUT2D eigenvalue weighted by molar-refractivity contribution is 0.0619. The van der Waals surface area contributed by atoms with Gasteiger partial charge in [0.05, 0.1) is 18.1 Å². The molecular formula is C15H29N5. The Morgan fingerprint density at radius 1 is 1.40 bits per heavy atom. The lowest BCUT2D eigenvalue weighted by atomic mass is 10.1. The topological polar surface area (TPSA) is 50.3 Å². The SMILES string of the molecule is CCCn1cncc1C(CN)N1CCN(C)C(CC)C1. The first-order valence-corrected chi connectivity index (χ1v) is 7.85. The Labute approximate surface area is 122 Å². The number of piperazine rings is 1. The summed E-state index contributed by atoms with van der Waals surface area (Å²) in [5, 5.41) is 0. The molecule has 1 aromatic rings. The van der Waals surface area contributed by atoms with Gasteiger partial charge in [0.2, 0.25) is 0 Å². The smallest absolute Gasteiger partial charge is 0.0948 e. The summed E-state index contributed by atoms with van der Waals surface area (Å²) in [6.07, 6.45) is 6.25. The number of hydrogen-bond acceptors (Lipinski definition) is 4. The van der Waals surface area contributed by atoms with E-state index < -0.39 is 0 Å². The van der Waals surface area contributed by atoms with Crippen LogP contribution in [0.3, 0.4) is 0 Å². The van der Waals surface area contributed by atoms with Gasteiger partial charge in [-0.15, -0.1) is 0 Å². The van der Waals surface area contributed by atoms with Crippen molar-refractivity contribution in [2.75, 3.05) is 33.2 Å². The van der Waals surface area contributed by atoms with Crippen LogP contribution in [0.5, 0.6) is 0 Å². The van der Waals surface area contributed by atoms with Crippen LogP contribution in [-0.2, 0) is 6.54 Å². The van der Waals surface area contributed by atoms with E-state index >= 15 is 0 Å². The average molecular weight is 279 g/mol. The summed E-state index contributed by atoms with van der Waals surface area (Å²) in [6.45, 7) is 9.47. The summed E-state index contributed by atoms with van der Waals surface area (Å²) < 4.78 is 2.26. The third kappa shape index (κ3) is 3.22. The number of imidazole rings is 1. The molecule has 2 heterocycles. The van der Waals surface area contributed by atoms with E-state index in [1.807, 2.05) is 12.5 Å². The molecule has 2 unspecified atom stereocenters. The maximum atomic E-state index is 6.09. The highest BCUT2D eigenvalue weighted by atomic mass is 15.3. The minimum atomic E-state index is 0.298. The van der Waals surface area contributed by atoms with E-state index in [0.717, 1.165) is 32.6 Å². The predicted molar refractivity (Wildman–Crippen MR) is 82.6 cm³/mol. The maximum Gasteiger partial charge on any atom is 0.0948 e. The first-order valence-electron chi connectivity index (χ1n) is 7.85. The molecule has 0 bridgehead atoms. The van der Waals surface area contributed by atoms with Crippen LogP contribution >= 0.6 is 0 Å². The summed E-state index contributed by atoms with van der Waals surface area (Å²) in [6, 6.07) is 0.937. The summed E-state index contributed by atoms with van der Waals surface area (Å²) in [5.41, 5.74) is 7.36. The lowest BCUT2D eigenvalue weighted by Gasteiger charge is -2.42. The van der Waals surface area contributed by atoms with Crippen LogP contribution in [0.2, 0.25) is 0 Å². The molecular weight excluding hydrogens is 250 g/mol. The van der Waals surface area contributed by atoms with Crippen LogP contribution in [0.25, 0.3) is 0 Å². The highest BCUT2D eigenvalue weighted by Crippen LogP contribution is 2.23. The number of nitrogens with two attached hydrogens (primary N) is 1. The van der Waals surface area contributed by atoms with Gasteiger partial charge in [-0.2, -0.15) is 0 Å². The van der Waals surface area contributed by atoms with Gasteiger partial charge in [0.15, 0.2) is 0 Å². The molecule has 0 aliphatic carbocycles. The van der Waals surface area contributed by atoms with Gasteiger partial charge < -0.3 is 15.2 Å². The van der Waals surface area contributed by atoms with Crippen molar-refractivity contribution in [3.8, 4) is 0 Å². The first-order chi connectivity index (χ1) is 9.71. The van der Waals surface area contributed by atoms with Gasteiger partial charge in [0.1, 0.15) is 0 Å². The lowest BCUT2D eigenvalue weighted by Crippen LogP contribution is -2.53. The fourth-order valence-corrected chi connectivity index (χ4v) is 3.19. The first kappa shape index (κ1) is 15.5. The number of likely N-dealkylation sites (N-methyl/N-ethyl adjacent to an activating group) is 1. The van der Waals surface area contributed by atoms with E-state index in [2.05, 4.69) is 40.2 Å². The minimum Gasteiger partial charge on any atom is -0.333 e. The van der Waals surface area contributed by atoms with Gasteiger partial charge in [-0.1, -0.05) is 13.8 Å². The van der Waals surface area contributed by atoms with Crippen molar-refractivity contribution in [2.45, 2.75) is 45.3 Å². The molecule has 0 radical (unpaired) electrons. The minimum absolute atomic E-state index is 0.298. The molecule has 1 fully saturated rings. The molecule has 0 saturated carbocycles. The Balaban J connectivity index is 2.13. The molecule has 2 rings (SSSR count). The van der Waals surface area contributed by atoms with E-state index in [0.29, 0.717) is 18.6 Å². The van der Waals surface area contributed by atoms with Gasteiger partial charge in [-0.25, -0.2) is 4.98 Å². The van der Waals surface area contributed by atoms with Gasteiger partial charge in [0.25, 0.3) is 0 Å². The van der Waals surface area contributed by atoms with Crippen molar-refractivity contribution in [2.24, 2.45) is 5.73 Å². The van der Waals surface area contributed by atoms with E-state index in [4.69, 9.17) is 5.73 Å². The number of aryl methyl sites for hydroxylation is 1. The standard InChI is InChI=1S/C15H29N5/c1-4-6-20-12-17-10-15(20)14(9-16)19-8-7-18(3)13(5-2)11-19/h10,12-14H,4-9,11,16H2,1-3H3.